The molecule has 0 amide bonds. The first kappa shape index (κ1) is 13.3. The van der Waals surface area contributed by atoms with Gasteiger partial charge in [0.05, 0.1) is 30.6 Å². The lowest BCUT2D eigenvalue weighted by Gasteiger charge is -2.13. The monoisotopic (exact) mass is 297 g/mol. The van der Waals surface area contributed by atoms with Crippen molar-refractivity contribution in [3.05, 3.63) is 24.6 Å². The van der Waals surface area contributed by atoms with Crippen LogP contribution in [-0.2, 0) is 0 Å². The van der Waals surface area contributed by atoms with Crippen molar-refractivity contribution < 1.29 is 14.6 Å². The number of aliphatic hydroxyl groups is 2. The number of imidazole rings is 1. The van der Waals surface area contributed by atoms with Gasteiger partial charge in [0, 0.05) is 5.57 Å². The van der Waals surface area contributed by atoms with Crippen LogP contribution in [0, 0.1) is 0 Å². The summed E-state index contributed by atoms with van der Waals surface area (Å²) in [5.74, 6) is 0.238. The molecule has 0 aliphatic carbocycles. The summed E-state index contributed by atoms with van der Waals surface area (Å²) in [6.07, 6.45) is 2.10. The summed E-state index contributed by atoms with van der Waals surface area (Å²) in [5, 5.41) is 18.2. The number of anilines is 1. The number of aromatic nitrogens is 4. The van der Waals surface area contributed by atoms with Crippen LogP contribution in [0.5, 0.6) is 0 Å². The normalized spacial score (nSPS) is 28.6. The summed E-state index contributed by atoms with van der Waals surface area (Å²) in [6, 6.07) is 0. The van der Waals surface area contributed by atoms with Crippen LogP contribution < -0.4 is 5.73 Å². The Bertz CT molecular complexity index is 676. The number of halogens is 1. The van der Waals surface area contributed by atoms with Gasteiger partial charge in [0.1, 0.15) is 17.2 Å². The second kappa shape index (κ2) is 5.00. The van der Waals surface area contributed by atoms with Crippen LogP contribution in [0.25, 0.3) is 11.2 Å². The minimum Gasteiger partial charge on any atom is -0.395 e. The van der Waals surface area contributed by atoms with Crippen LogP contribution in [0.4, 0.5) is 10.2 Å². The molecule has 3 atom stereocenters. The van der Waals surface area contributed by atoms with E-state index in [1.807, 2.05) is 0 Å². The van der Waals surface area contributed by atoms with E-state index in [2.05, 4.69) is 15.0 Å². The summed E-state index contributed by atoms with van der Waals surface area (Å²) in [7, 11) is 0. The first-order valence-corrected chi connectivity index (χ1v) is 6.79. The van der Waals surface area contributed by atoms with E-state index < -0.39 is 16.7 Å². The van der Waals surface area contributed by atoms with E-state index in [4.69, 9.17) is 5.73 Å². The number of fused-ring (bicyclic) bond motifs is 1. The number of thioether (sulfide) groups is 1. The van der Waals surface area contributed by atoms with Gasteiger partial charge in [0.15, 0.2) is 11.5 Å². The molecule has 2 aromatic heterocycles. The number of aliphatic hydroxyl groups excluding tert-OH is 2. The molecular weight excluding hydrogens is 285 g/mol. The molecule has 3 rings (SSSR count). The zero-order valence-electron chi connectivity index (χ0n) is 10.2. The fourth-order valence-electron chi connectivity index (χ4n) is 2.21. The van der Waals surface area contributed by atoms with Crippen molar-refractivity contribution in [3.8, 4) is 0 Å². The minimum absolute atomic E-state index is 0.172. The molecule has 1 aliphatic heterocycles. The van der Waals surface area contributed by atoms with E-state index in [0.29, 0.717) is 17.5 Å². The van der Waals surface area contributed by atoms with E-state index in [-0.39, 0.29) is 18.0 Å². The van der Waals surface area contributed by atoms with Crippen LogP contribution in [0.3, 0.4) is 0 Å². The molecular formula is C11H12FN5O2S. The topological polar surface area (TPSA) is 110 Å². The highest BCUT2D eigenvalue weighted by molar-refractivity contribution is 8.00. The lowest BCUT2D eigenvalue weighted by atomic mass is 10.1. The Labute approximate surface area is 117 Å². The summed E-state index contributed by atoms with van der Waals surface area (Å²) in [6.45, 7) is -0.247. The van der Waals surface area contributed by atoms with Gasteiger partial charge in [-0.3, -0.25) is 4.57 Å². The molecule has 0 unspecified atom stereocenters. The summed E-state index contributed by atoms with van der Waals surface area (Å²) in [5.41, 5.74) is 6.76. The maximum Gasteiger partial charge on any atom is 0.166 e. The second-order valence-electron chi connectivity index (χ2n) is 4.35. The Morgan fingerprint density at radius 2 is 2.25 bits per heavy atom. The molecule has 1 aliphatic rings. The predicted molar refractivity (Wildman–Crippen MR) is 72.4 cm³/mol. The Balaban J connectivity index is 2.09. The Kier molecular flexibility index (Phi) is 3.32. The van der Waals surface area contributed by atoms with E-state index >= 15 is 0 Å². The Hall–Kier alpha value is -1.71. The number of nitrogens with two attached hydrogens (primary N) is 1. The maximum atomic E-state index is 13.1. The van der Waals surface area contributed by atoms with E-state index in [1.165, 1.54) is 24.4 Å². The molecule has 2 aromatic rings. The molecule has 0 bridgehead atoms. The number of nitrogen functional groups attached to an aromatic ring is 1. The molecule has 7 nitrogen and oxygen atoms in total. The zero-order valence-corrected chi connectivity index (χ0v) is 11.0. The Morgan fingerprint density at radius 3 is 2.95 bits per heavy atom. The molecule has 9 heteroatoms. The molecule has 4 N–H and O–H groups in total. The molecule has 0 saturated carbocycles. The van der Waals surface area contributed by atoms with Crippen LogP contribution in [0.2, 0.25) is 0 Å². The number of nitrogens with zero attached hydrogens (tertiary/aromatic N) is 4. The van der Waals surface area contributed by atoms with Gasteiger partial charge < -0.3 is 15.9 Å². The van der Waals surface area contributed by atoms with E-state index in [0.717, 1.165) is 0 Å². The van der Waals surface area contributed by atoms with Crippen LogP contribution in [0.1, 0.15) is 5.37 Å². The van der Waals surface area contributed by atoms with Gasteiger partial charge in [-0.05, 0) is 0 Å². The van der Waals surface area contributed by atoms with Crippen LogP contribution in [-0.4, -0.2) is 47.7 Å². The minimum atomic E-state index is -1.04. The molecule has 0 spiro atoms. The second-order valence-corrected chi connectivity index (χ2v) is 5.67. The van der Waals surface area contributed by atoms with Gasteiger partial charge in [0.2, 0.25) is 0 Å². The van der Waals surface area contributed by atoms with Crippen molar-refractivity contribution in [1.29, 1.82) is 0 Å². The SMILES string of the molecule is Nc1ncnc2c1ncn2[C@@H]1S[C@H](CO)[C@@H](O)/C1=C/F. The molecule has 1 fully saturated rings. The molecule has 1 saturated heterocycles. The summed E-state index contributed by atoms with van der Waals surface area (Å²) < 4.78 is 14.7. The third kappa shape index (κ3) is 1.86. The van der Waals surface area contributed by atoms with Gasteiger partial charge in [-0.1, -0.05) is 0 Å². The fourth-order valence-corrected chi connectivity index (χ4v) is 3.56. The first-order valence-electron chi connectivity index (χ1n) is 5.85. The van der Waals surface area contributed by atoms with Crippen molar-refractivity contribution in [1.82, 2.24) is 19.5 Å². The number of hydrogen-bond donors (Lipinski definition) is 3. The largest absolute Gasteiger partial charge is 0.395 e. The van der Waals surface area contributed by atoms with Crippen molar-refractivity contribution in [2.24, 2.45) is 0 Å². The first-order chi connectivity index (χ1) is 9.67. The highest BCUT2D eigenvalue weighted by Crippen LogP contribution is 2.46. The predicted octanol–water partition coefficient (Wildman–Crippen LogP) is 0.229. The molecule has 20 heavy (non-hydrogen) atoms. The van der Waals surface area contributed by atoms with Gasteiger partial charge in [-0.25, -0.2) is 19.3 Å². The van der Waals surface area contributed by atoms with Gasteiger partial charge in [-0.2, -0.15) is 0 Å². The van der Waals surface area contributed by atoms with Crippen molar-refractivity contribution >= 4 is 28.7 Å². The third-order valence-electron chi connectivity index (χ3n) is 3.23. The quantitative estimate of drug-likeness (QED) is 0.727. The van der Waals surface area contributed by atoms with Crippen LogP contribution in [0.15, 0.2) is 24.6 Å². The molecule has 0 radical (unpaired) electrons. The van der Waals surface area contributed by atoms with Crippen molar-refractivity contribution in [2.75, 3.05) is 12.3 Å². The Morgan fingerprint density at radius 1 is 1.45 bits per heavy atom. The molecule has 0 aromatic carbocycles. The van der Waals surface area contributed by atoms with E-state index in [9.17, 15) is 14.6 Å². The van der Waals surface area contributed by atoms with Gasteiger partial charge in [-0.15, -0.1) is 11.8 Å². The summed E-state index contributed by atoms with van der Waals surface area (Å²) >= 11 is 1.24. The number of rotatable bonds is 2. The smallest absolute Gasteiger partial charge is 0.166 e. The van der Waals surface area contributed by atoms with Crippen molar-refractivity contribution in [3.63, 3.8) is 0 Å². The highest BCUT2D eigenvalue weighted by atomic mass is 32.2. The lowest BCUT2D eigenvalue weighted by molar-refractivity contribution is 0.170. The maximum absolute atomic E-state index is 13.1. The number of hydrogen-bond acceptors (Lipinski definition) is 7. The lowest BCUT2D eigenvalue weighted by Crippen LogP contribution is -2.22. The molecule has 106 valence electrons. The van der Waals surface area contributed by atoms with E-state index in [1.54, 1.807) is 4.57 Å². The third-order valence-corrected chi connectivity index (χ3v) is 4.74. The van der Waals surface area contributed by atoms with Gasteiger partial charge in [0.25, 0.3) is 0 Å². The average Bonchev–Trinajstić information content (AvgIpc) is 3.00. The average molecular weight is 297 g/mol. The highest BCUT2D eigenvalue weighted by Gasteiger charge is 2.40. The summed E-state index contributed by atoms with van der Waals surface area (Å²) in [4.78, 5) is 12.0. The standard InChI is InChI=1S/C11H12FN5O2S/c12-1-5-8(19)6(2-18)20-11(5)17-4-16-7-9(13)14-3-15-10(7)17/h1,3-4,6,8,11,18-19H,2H2,(H2,13,14,15)/b5-1-/t6-,8+,11-/m1/s1. The molecule has 3 heterocycles. The fraction of sp³-hybridized carbons (Fsp3) is 0.364. The van der Waals surface area contributed by atoms with Gasteiger partial charge >= 0.3 is 0 Å². The van der Waals surface area contributed by atoms with Crippen molar-refractivity contribution in [2.45, 2.75) is 16.7 Å². The van der Waals surface area contributed by atoms with Crippen LogP contribution >= 0.6 is 11.8 Å². The zero-order chi connectivity index (χ0) is 14.3.